The summed E-state index contributed by atoms with van der Waals surface area (Å²) >= 11 is 1.62. The molecule has 0 aliphatic heterocycles. The lowest BCUT2D eigenvalue weighted by molar-refractivity contribution is -0.122. The van der Waals surface area contributed by atoms with E-state index in [1.165, 1.54) is 7.11 Å². The minimum atomic E-state index is -0.492. The standard InChI is InChI=1S/C13H19NO3S/c1-9(2)12(15)8-10(14-13(16)17-3)7-11-5-4-6-18-11/h4-6,9-10H,7-8H2,1-3H3,(H,14,16)/t10-/m0/s1. The number of carbonyl (C=O) groups is 2. The molecule has 1 N–H and O–H groups in total. The van der Waals surface area contributed by atoms with E-state index in [0.717, 1.165) is 4.88 Å². The summed E-state index contributed by atoms with van der Waals surface area (Å²) in [6.45, 7) is 3.73. The Labute approximate surface area is 111 Å². The number of hydrogen-bond acceptors (Lipinski definition) is 4. The van der Waals surface area contributed by atoms with E-state index in [1.807, 2.05) is 31.4 Å². The highest BCUT2D eigenvalue weighted by molar-refractivity contribution is 7.09. The van der Waals surface area contributed by atoms with Gasteiger partial charge in [0.15, 0.2) is 0 Å². The topological polar surface area (TPSA) is 55.4 Å². The summed E-state index contributed by atoms with van der Waals surface area (Å²) in [5, 5.41) is 4.70. The Kier molecular flexibility index (Phi) is 5.85. The second-order valence-corrected chi connectivity index (χ2v) is 5.47. The van der Waals surface area contributed by atoms with Crippen molar-refractivity contribution in [2.45, 2.75) is 32.7 Å². The first-order valence-corrected chi connectivity index (χ1v) is 6.80. The van der Waals surface area contributed by atoms with Crippen molar-refractivity contribution < 1.29 is 14.3 Å². The van der Waals surface area contributed by atoms with Crippen molar-refractivity contribution in [2.24, 2.45) is 5.92 Å². The van der Waals surface area contributed by atoms with E-state index in [9.17, 15) is 9.59 Å². The third-order valence-corrected chi connectivity index (χ3v) is 3.53. The molecule has 0 saturated heterocycles. The second-order valence-electron chi connectivity index (χ2n) is 4.44. The Morgan fingerprint density at radius 2 is 2.17 bits per heavy atom. The lowest BCUT2D eigenvalue weighted by Crippen LogP contribution is -2.38. The average Bonchev–Trinajstić information content (AvgIpc) is 2.81. The van der Waals surface area contributed by atoms with Crippen molar-refractivity contribution in [1.82, 2.24) is 5.32 Å². The van der Waals surface area contributed by atoms with Crippen LogP contribution in [-0.4, -0.2) is 25.0 Å². The molecule has 1 atom stereocenters. The molecule has 0 aliphatic carbocycles. The number of carbonyl (C=O) groups excluding carboxylic acids is 2. The van der Waals surface area contributed by atoms with Gasteiger partial charge < -0.3 is 10.1 Å². The molecule has 5 heteroatoms. The highest BCUT2D eigenvalue weighted by atomic mass is 32.1. The van der Waals surface area contributed by atoms with Crippen LogP contribution >= 0.6 is 11.3 Å². The number of ether oxygens (including phenoxy) is 1. The molecule has 0 fully saturated rings. The molecule has 0 bridgehead atoms. The molecule has 1 rings (SSSR count). The monoisotopic (exact) mass is 269 g/mol. The molecule has 0 aliphatic rings. The summed E-state index contributed by atoms with van der Waals surface area (Å²) in [5.41, 5.74) is 0. The first kappa shape index (κ1) is 14.7. The maximum absolute atomic E-state index is 11.8. The predicted molar refractivity (Wildman–Crippen MR) is 71.8 cm³/mol. The largest absolute Gasteiger partial charge is 0.453 e. The van der Waals surface area contributed by atoms with Crippen molar-refractivity contribution in [3.8, 4) is 0 Å². The van der Waals surface area contributed by atoms with Crippen LogP contribution in [0.15, 0.2) is 17.5 Å². The molecule has 4 nitrogen and oxygen atoms in total. The number of alkyl carbamates (subject to hydrolysis) is 1. The van der Waals surface area contributed by atoms with Gasteiger partial charge in [0.25, 0.3) is 0 Å². The van der Waals surface area contributed by atoms with E-state index in [0.29, 0.717) is 12.8 Å². The first-order chi connectivity index (χ1) is 8.52. The lowest BCUT2D eigenvalue weighted by Gasteiger charge is -2.17. The number of methoxy groups -OCH3 is 1. The van der Waals surface area contributed by atoms with Crippen LogP contribution in [0.4, 0.5) is 4.79 Å². The van der Waals surface area contributed by atoms with Crippen molar-refractivity contribution in [1.29, 1.82) is 0 Å². The number of rotatable bonds is 6. The number of thiophene rings is 1. The molecule has 1 aromatic heterocycles. The van der Waals surface area contributed by atoms with Crippen LogP contribution < -0.4 is 5.32 Å². The van der Waals surface area contributed by atoms with E-state index in [4.69, 9.17) is 0 Å². The third-order valence-electron chi connectivity index (χ3n) is 2.63. The number of hydrogen-bond donors (Lipinski definition) is 1. The van der Waals surface area contributed by atoms with Gasteiger partial charge >= 0.3 is 6.09 Å². The average molecular weight is 269 g/mol. The molecule has 18 heavy (non-hydrogen) atoms. The highest BCUT2D eigenvalue weighted by Crippen LogP contribution is 2.14. The Hall–Kier alpha value is -1.36. The van der Waals surface area contributed by atoms with Crippen molar-refractivity contribution in [3.63, 3.8) is 0 Å². The highest BCUT2D eigenvalue weighted by Gasteiger charge is 2.19. The van der Waals surface area contributed by atoms with Crippen LogP contribution in [0.2, 0.25) is 0 Å². The van der Waals surface area contributed by atoms with Crippen LogP contribution in [-0.2, 0) is 16.0 Å². The summed E-state index contributed by atoms with van der Waals surface area (Å²) < 4.78 is 4.58. The third kappa shape index (κ3) is 4.87. The van der Waals surface area contributed by atoms with Crippen molar-refractivity contribution in [2.75, 3.05) is 7.11 Å². The molecular weight excluding hydrogens is 250 g/mol. The van der Waals surface area contributed by atoms with Crippen LogP contribution in [0.3, 0.4) is 0 Å². The van der Waals surface area contributed by atoms with Gasteiger partial charge in [-0.15, -0.1) is 11.3 Å². The first-order valence-electron chi connectivity index (χ1n) is 5.92. The fourth-order valence-electron chi connectivity index (χ4n) is 1.55. The number of ketones is 1. The summed E-state index contributed by atoms with van der Waals surface area (Å²) in [5.74, 6) is 0.128. The van der Waals surface area contributed by atoms with Gasteiger partial charge in [0.05, 0.1) is 7.11 Å². The molecule has 100 valence electrons. The maximum Gasteiger partial charge on any atom is 0.407 e. The Balaban J connectivity index is 2.62. The lowest BCUT2D eigenvalue weighted by atomic mass is 9.99. The molecule has 0 spiro atoms. The van der Waals surface area contributed by atoms with Gasteiger partial charge in [-0.1, -0.05) is 19.9 Å². The minimum Gasteiger partial charge on any atom is -0.453 e. The van der Waals surface area contributed by atoms with Gasteiger partial charge in [0.1, 0.15) is 5.78 Å². The van der Waals surface area contributed by atoms with Gasteiger partial charge in [-0.25, -0.2) is 4.79 Å². The molecule has 0 unspecified atom stereocenters. The zero-order valence-electron chi connectivity index (χ0n) is 10.9. The smallest absolute Gasteiger partial charge is 0.407 e. The zero-order valence-corrected chi connectivity index (χ0v) is 11.8. The molecule has 1 amide bonds. The van der Waals surface area contributed by atoms with Crippen molar-refractivity contribution in [3.05, 3.63) is 22.4 Å². The summed E-state index contributed by atoms with van der Waals surface area (Å²) in [6.07, 6.45) is 0.503. The Bertz CT molecular complexity index is 387. The van der Waals surface area contributed by atoms with E-state index in [-0.39, 0.29) is 17.7 Å². The molecule has 0 aromatic carbocycles. The van der Waals surface area contributed by atoms with E-state index in [1.54, 1.807) is 11.3 Å². The molecule has 0 radical (unpaired) electrons. The normalized spacial score (nSPS) is 12.2. The summed E-state index contributed by atoms with van der Waals surface area (Å²) in [4.78, 5) is 24.2. The SMILES string of the molecule is COC(=O)N[C@H](CC(=O)C(C)C)Cc1cccs1. The van der Waals surface area contributed by atoms with Gasteiger partial charge in [0, 0.05) is 29.7 Å². The molecule has 1 aromatic rings. The predicted octanol–water partition coefficient (Wildman–Crippen LogP) is 2.63. The maximum atomic E-state index is 11.8. The van der Waals surface area contributed by atoms with Gasteiger partial charge in [-0.2, -0.15) is 0 Å². The fourth-order valence-corrected chi connectivity index (χ4v) is 2.34. The van der Waals surface area contributed by atoms with Gasteiger partial charge in [0.2, 0.25) is 0 Å². The van der Waals surface area contributed by atoms with Crippen LogP contribution in [0.1, 0.15) is 25.1 Å². The molecular formula is C13H19NO3S. The van der Waals surface area contributed by atoms with E-state index >= 15 is 0 Å². The van der Waals surface area contributed by atoms with Crippen LogP contribution in [0.25, 0.3) is 0 Å². The minimum absolute atomic E-state index is 0.0183. The second kappa shape index (κ2) is 7.16. The van der Waals surface area contributed by atoms with E-state index in [2.05, 4.69) is 10.1 Å². The quantitative estimate of drug-likeness (QED) is 0.863. The fraction of sp³-hybridized carbons (Fsp3) is 0.538. The van der Waals surface area contributed by atoms with Crippen molar-refractivity contribution >= 4 is 23.2 Å². The van der Waals surface area contributed by atoms with E-state index < -0.39 is 6.09 Å². The number of nitrogens with one attached hydrogen (secondary N) is 1. The van der Waals surface area contributed by atoms with Crippen LogP contribution in [0.5, 0.6) is 0 Å². The summed E-state index contributed by atoms with van der Waals surface area (Å²) in [6, 6.07) is 3.75. The Morgan fingerprint density at radius 1 is 1.44 bits per heavy atom. The summed E-state index contributed by atoms with van der Waals surface area (Å²) in [7, 11) is 1.32. The van der Waals surface area contributed by atoms with Gasteiger partial charge in [-0.3, -0.25) is 4.79 Å². The molecule has 1 heterocycles. The molecule has 0 saturated carbocycles. The van der Waals surface area contributed by atoms with Crippen LogP contribution in [0, 0.1) is 5.92 Å². The number of amides is 1. The van der Waals surface area contributed by atoms with Gasteiger partial charge in [-0.05, 0) is 11.4 Å². The number of Topliss-reactive ketones (excluding diaryl/α,β-unsaturated/α-hetero) is 1. The Morgan fingerprint density at radius 3 is 2.67 bits per heavy atom. The zero-order chi connectivity index (χ0) is 13.5.